The summed E-state index contributed by atoms with van der Waals surface area (Å²) in [5.41, 5.74) is -0.891. The van der Waals surface area contributed by atoms with Gasteiger partial charge in [-0.3, -0.25) is 0 Å². The average molecular weight is 359 g/mol. The van der Waals surface area contributed by atoms with Gasteiger partial charge in [-0.1, -0.05) is 18.2 Å². The predicted molar refractivity (Wildman–Crippen MR) is 83.2 cm³/mol. The highest BCUT2D eigenvalue weighted by atomic mass is 32.2. The molecule has 0 unspecified atom stereocenters. The largest absolute Gasteiger partial charge is 0.494 e. The molecule has 1 N–H and O–H groups in total. The van der Waals surface area contributed by atoms with Crippen molar-refractivity contribution in [3.63, 3.8) is 0 Å². The van der Waals surface area contributed by atoms with Gasteiger partial charge in [-0.05, 0) is 42.8 Å². The number of halogens is 3. The molecule has 0 aliphatic rings. The maximum Gasteiger partial charge on any atom is 0.416 e. The number of benzene rings is 2. The number of para-hydroxylation sites is 1. The summed E-state index contributed by atoms with van der Waals surface area (Å²) in [6.45, 7) is 0.440. The molecule has 4 nitrogen and oxygen atoms in total. The molecule has 8 heteroatoms. The normalized spacial score (nSPS) is 12.1. The van der Waals surface area contributed by atoms with E-state index in [4.69, 9.17) is 4.74 Å². The van der Waals surface area contributed by atoms with Crippen molar-refractivity contribution in [2.75, 3.05) is 13.2 Å². The molecule has 0 aliphatic carbocycles. The van der Waals surface area contributed by atoms with Crippen LogP contribution in [0.1, 0.15) is 12.0 Å². The molecule has 0 radical (unpaired) electrons. The van der Waals surface area contributed by atoms with Crippen LogP contribution in [-0.2, 0) is 16.2 Å². The van der Waals surface area contributed by atoms with Crippen molar-refractivity contribution in [3.05, 3.63) is 60.2 Å². The summed E-state index contributed by atoms with van der Waals surface area (Å²) in [5.74, 6) is 0.683. The zero-order valence-electron chi connectivity index (χ0n) is 12.6. The lowest BCUT2D eigenvalue weighted by Crippen LogP contribution is -2.26. The van der Waals surface area contributed by atoms with Crippen LogP contribution in [0.3, 0.4) is 0 Å². The van der Waals surface area contributed by atoms with Crippen molar-refractivity contribution in [2.24, 2.45) is 0 Å². The zero-order valence-corrected chi connectivity index (χ0v) is 13.4. The quantitative estimate of drug-likeness (QED) is 0.771. The van der Waals surface area contributed by atoms with Crippen LogP contribution in [0.5, 0.6) is 5.75 Å². The topological polar surface area (TPSA) is 55.4 Å². The van der Waals surface area contributed by atoms with Crippen molar-refractivity contribution >= 4 is 10.0 Å². The van der Waals surface area contributed by atoms with E-state index in [0.29, 0.717) is 18.8 Å². The Balaban J connectivity index is 1.83. The third-order valence-corrected chi connectivity index (χ3v) is 4.59. The fraction of sp³-hybridized carbons (Fsp3) is 0.250. The molecule has 130 valence electrons. The second kappa shape index (κ2) is 7.67. The standard InChI is InChI=1S/C16H16F3NO3S/c17-16(18,19)13-7-9-15(10-8-13)24(21,22)20-11-4-12-23-14-5-2-1-3-6-14/h1-3,5-10,20H,4,11-12H2. The lowest BCUT2D eigenvalue weighted by molar-refractivity contribution is -0.137. The average Bonchev–Trinajstić information content (AvgIpc) is 2.55. The highest BCUT2D eigenvalue weighted by Crippen LogP contribution is 2.29. The van der Waals surface area contributed by atoms with Crippen LogP contribution in [-0.4, -0.2) is 21.6 Å². The van der Waals surface area contributed by atoms with Gasteiger partial charge in [0.25, 0.3) is 0 Å². The number of rotatable bonds is 7. The van der Waals surface area contributed by atoms with Gasteiger partial charge in [0.1, 0.15) is 5.75 Å². The Labute approximate surface area is 138 Å². The van der Waals surface area contributed by atoms with Crippen LogP contribution in [0.4, 0.5) is 13.2 Å². The van der Waals surface area contributed by atoms with Gasteiger partial charge in [0.05, 0.1) is 17.1 Å². The molecule has 0 aromatic heterocycles. The molecule has 2 aromatic carbocycles. The first-order chi connectivity index (χ1) is 11.3. The summed E-state index contributed by atoms with van der Waals surface area (Å²) in [4.78, 5) is -0.209. The van der Waals surface area contributed by atoms with E-state index in [1.54, 1.807) is 12.1 Å². The van der Waals surface area contributed by atoms with Gasteiger partial charge in [-0.2, -0.15) is 13.2 Å². The van der Waals surface area contributed by atoms with Gasteiger partial charge in [0.2, 0.25) is 10.0 Å². The first kappa shape index (κ1) is 18.3. The molecule has 0 heterocycles. The summed E-state index contributed by atoms with van der Waals surface area (Å²) >= 11 is 0. The van der Waals surface area contributed by atoms with E-state index in [0.717, 1.165) is 24.3 Å². The lowest BCUT2D eigenvalue weighted by atomic mass is 10.2. The summed E-state index contributed by atoms with van der Waals surface area (Å²) in [6, 6.07) is 12.4. The Morgan fingerprint density at radius 1 is 0.958 bits per heavy atom. The van der Waals surface area contributed by atoms with Gasteiger partial charge in [0.15, 0.2) is 0 Å². The summed E-state index contributed by atoms with van der Waals surface area (Å²) in [6.07, 6.45) is -4.07. The minimum atomic E-state index is -4.50. The van der Waals surface area contributed by atoms with E-state index in [1.165, 1.54) is 0 Å². The van der Waals surface area contributed by atoms with E-state index in [-0.39, 0.29) is 11.4 Å². The van der Waals surface area contributed by atoms with Crippen LogP contribution < -0.4 is 9.46 Å². The molecule has 0 spiro atoms. The van der Waals surface area contributed by atoms with Gasteiger partial charge in [-0.15, -0.1) is 0 Å². The number of sulfonamides is 1. The molecule has 2 aromatic rings. The minimum Gasteiger partial charge on any atom is -0.494 e. The van der Waals surface area contributed by atoms with E-state index in [1.807, 2.05) is 18.2 Å². The molecule has 0 amide bonds. The van der Waals surface area contributed by atoms with E-state index in [2.05, 4.69) is 4.72 Å². The molecule has 0 atom stereocenters. The van der Waals surface area contributed by atoms with Gasteiger partial charge in [0, 0.05) is 6.54 Å². The van der Waals surface area contributed by atoms with Crippen molar-refractivity contribution in [1.82, 2.24) is 4.72 Å². The van der Waals surface area contributed by atoms with Gasteiger partial charge in [-0.25, -0.2) is 13.1 Å². The first-order valence-corrected chi connectivity index (χ1v) is 8.62. The Bertz CT molecular complexity index is 744. The van der Waals surface area contributed by atoms with Gasteiger partial charge >= 0.3 is 6.18 Å². The second-order valence-corrected chi connectivity index (χ2v) is 6.70. The number of hydrogen-bond acceptors (Lipinski definition) is 3. The van der Waals surface area contributed by atoms with Crippen LogP contribution in [0, 0.1) is 0 Å². The van der Waals surface area contributed by atoms with Crippen LogP contribution >= 0.6 is 0 Å². The van der Waals surface area contributed by atoms with Crippen LogP contribution in [0.15, 0.2) is 59.5 Å². The minimum absolute atomic E-state index is 0.121. The summed E-state index contributed by atoms with van der Waals surface area (Å²) < 4.78 is 69.1. The fourth-order valence-electron chi connectivity index (χ4n) is 1.89. The predicted octanol–water partition coefficient (Wildman–Crippen LogP) is 3.45. The molecule has 2 rings (SSSR count). The number of nitrogens with one attached hydrogen (secondary N) is 1. The molecule has 0 saturated heterocycles. The Kier molecular flexibility index (Phi) is 5.84. The van der Waals surface area contributed by atoms with Crippen molar-refractivity contribution < 1.29 is 26.3 Å². The van der Waals surface area contributed by atoms with Gasteiger partial charge < -0.3 is 4.74 Å². The lowest BCUT2D eigenvalue weighted by Gasteiger charge is -2.10. The van der Waals surface area contributed by atoms with Crippen molar-refractivity contribution in [3.8, 4) is 5.75 Å². The number of hydrogen-bond donors (Lipinski definition) is 1. The third-order valence-electron chi connectivity index (χ3n) is 3.12. The summed E-state index contributed by atoms with van der Waals surface area (Å²) in [7, 11) is -3.84. The van der Waals surface area contributed by atoms with Crippen molar-refractivity contribution in [1.29, 1.82) is 0 Å². The summed E-state index contributed by atoms with van der Waals surface area (Å²) in [5, 5.41) is 0. The maximum absolute atomic E-state index is 12.5. The number of alkyl halides is 3. The monoisotopic (exact) mass is 359 g/mol. The fourth-order valence-corrected chi connectivity index (χ4v) is 2.97. The van der Waals surface area contributed by atoms with Crippen LogP contribution in [0.25, 0.3) is 0 Å². The molecular weight excluding hydrogens is 343 g/mol. The third kappa shape index (κ3) is 5.24. The molecule has 0 fully saturated rings. The van der Waals surface area contributed by atoms with E-state index >= 15 is 0 Å². The second-order valence-electron chi connectivity index (χ2n) is 4.93. The highest BCUT2D eigenvalue weighted by Gasteiger charge is 2.30. The van der Waals surface area contributed by atoms with Crippen molar-refractivity contribution in [2.45, 2.75) is 17.5 Å². The molecule has 24 heavy (non-hydrogen) atoms. The SMILES string of the molecule is O=S(=O)(NCCCOc1ccccc1)c1ccc(C(F)(F)F)cc1. The first-order valence-electron chi connectivity index (χ1n) is 7.14. The molecular formula is C16H16F3NO3S. The maximum atomic E-state index is 12.5. The molecule has 0 saturated carbocycles. The number of ether oxygens (including phenoxy) is 1. The Hall–Kier alpha value is -2.06. The van der Waals surface area contributed by atoms with E-state index < -0.39 is 21.8 Å². The highest BCUT2D eigenvalue weighted by molar-refractivity contribution is 7.89. The van der Waals surface area contributed by atoms with E-state index in [9.17, 15) is 21.6 Å². The smallest absolute Gasteiger partial charge is 0.416 e. The molecule has 0 aliphatic heterocycles. The Morgan fingerprint density at radius 2 is 1.58 bits per heavy atom. The van der Waals surface area contributed by atoms with Crippen LogP contribution in [0.2, 0.25) is 0 Å². The molecule has 0 bridgehead atoms. The zero-order chi connectivity index (χ0) is 17.6. The Morgan fingerprint density at radius 3 is 2.17 bits per heavy atom.